The maximum absolute atomic E-state index is 12.5. The van der Waals surface area contributed by atoms with Gasteiger partial charge in [0.15, 0.2) is 0 Å². The van der Waals surface area contributed by atoms with Crippen LogP contribution in [0.25, 0.3) is 0 Å². The number of hydrogen-bond donors (Lipinski definition) is 1. The zero-order valence-electron chi connectivity index (χ0n) is 15.6. The molecule has 7 nitrogen and oxygen atoms in total. The Morgan fingerprint density at radius 3 is 2.63 bits per heavy atom. The first-order chi connectivity index (χ1) is 12.9. The fourth-order valence-corrected chi connectivity index (χ4v) is 3.93. The topological polar surface area (TPSA) is 82.6 Å². The fraction of sp³-hybridized carbons (Fsp3) is 0.368. The van der Waals surface area contributed by atoms with Crippen molar-refractivity contribution in [3.63, 3.8) is 0 Å². The molecule has 0 atom stereocenters. The second kappa shape index (κ2) is 8.06. The smallest absolute Gasteiger partial charge is 0.251 e. The summed E-state index contributed by atoms with van der Waals surface area (Å²) in [7, 11) is -0.652. The van der Waals surface area contributed by atoms with E-state index >= 15 is 0 Å². The summed E-state index contributed by atoms with van der Waals surface area (Å²) < 4.78 is 25.6. The minimum Gasteiger partial charge on any atom is -0.357 e. The van der Waals surface area contributed by atoms with E-state index in [9.17, 15) is 13.2 Å². The van der Waals surface area contributed by atoms with Crippen molar-refractivity contribution >= 4 is 21.7 Å². The summed E-state index contributed by atoms with van der Waals surface area (Å²) in [4.78, 5) is 19.2. The number of benzene rings is 1. The lowest BCUT2D eigenvalue weighted by atomic mass is 10.2. The van der Waals surface area contributed by atoms with Gasteiger partial charge in [0.1, 0.15) is 5.82 Å². The Balaban J connectivity index is 1.69. The Bertz CT molecular complexity index is 922. The van der Waals surface area contributed by atoms with Crippen molar-refractivity contribution in [2.24, 2.45) is 0 Å². The van der Waals surface area contributed by atoms with Crippen LogP contribution in [-0.4, -0.2) is 50.8 Å². The van der Waals surface area contributed by atoms with E-state index in [0.717, 1.165) is 28.8 Å². The van der Waals surface area contributed by atoms with E-state index in [4.69, 9.17) is 0 Å². The first-order valence-electron chi connectivity index (χ1n) is 8.88. The molecule has 0 radical (unpaired) electrons. The summed E-state index contributed by atoms with van der Waals surface area (Å²) in [5.41, 5.74) is 1.27. The monoisotopic (exact) mass is 388 g/mol. The van der Waals surface area contributed by atoms with Gasteiger partial charge in [-0.15, -0.1) is 0 Å². The average Bonchev–Trinajstić information content (AvgIpc) is 3.21. The molecular weight excluding hydrogens is 364 g/mol. The van der Waals surface area contributed by atoms with Gasteiger partial charge in [-0.05, 0) is 48.7 Å². The Morgan fingerprint density at radius 2 is 1.93 bits per heavy atom. The molecule has 0 aliphatic carbocycles. The number of pyridine rings is 1. The zero-order valence-corrected chi connectivity index (χ0v) is 16.4. The third-order valence-corrected chi connectivity index (χ3v) is 6.38. The Labute approximate surface area is 160 Å². The molecular formula is C19H24N4O3S. The highest BCUT2D eigenvalue weighted by Crippen LogP contribution is 2.19. The quantitative estimate of drug-likeness (QED) is 0.817. The number of nitrogens with one attached hydrogen (secondary N) is 1. The van der Waals surface area contributed by atoms with Crippen LogP contribution in [0.2, 0.25) is 0 Å². The number of anilines is 1. The summed E-state index contributed by atoms with van der Waals surface area (Å²) >= 11 is 0. The Hall–Kier alpha value is -2.45. The lowest BCUT2D eigenvalue weighted by molar-refractivity contribution is 0.0950. The van der Waals surface area contributed by atoms with Crippen LogP contribution in [0.1, 0.15) is 28.8 Å². The minimum absolute atomic E-state index is 0.0976. The summed E-state index contributed by atoms with van der Waals surface area (Å²) in [6.45, 7) is 2.37. The molecule has 0 unspecified atom stereocenters. The van der Waals surface area contributed by atoms with Crippen LogP contribution in [0.5, 0.6) is 0 Å². The molecule has 1 aliphatic rings. The number of hydrogen-bond acceptors (Lipinski definition) is 5. The van der Waals surface area contributed by atoms with Gasteiger partial charge in [-0.25, -0.2) is 17.7 Å². The molecule has 1 N–H and O–H groups in total. The van der Waals surface area contributed by atoms with Crippen molar-refractivity contribution in [1.82, 2.24) is 14.6 Å². The van der Waals surface area contributed by atoms with Gasteiger partial charge < -0.3 is 10.2 Å². The van der Waals surface area contributed by atoms with Gasteiger partial charge in [0.2, 0.25) is 10.0 Å². The number of aromatic nitrogens is 1. The molecule has 1 aromatic carbocycles. The molecule has 0 saturated carbocycles. The van der Waals surface area contributed by atoms with E-state index in [1.54, 1.807) is 18.3 Å². The van der Waals surface area contributed by atoms with Gasteiger partial charge in [0, 0.05) is 45.5 Å². The van der Waals surface area contributed by atoms with Crippen molar-refractivity contribution in [1.29, 1.82) is 0 Å². The van der Waals surface area contributed by atoms with Crippen LogP contribution < -0.4 is 10.2 Å². The van der Waals surface area contributed by atoms with Gasteiger partial charge in [-0.2, -0.15) is 0 Å². The molecule has 0 bridgehead atoms. The number of sulfonamides is 1. The Kier molecular flexibility index (Phi) is 5.76. The van der Waals surface area contributed by atoms with Crippen molar-refractivity contribution in [3.8, 4) is 0 Å². The summed E-state index contributed by atoms with van der Waals surface area (Å²) in [5, 5.41) is 2.85. The summed E-state index contributed by atoms with van der Waals surface area (Å²) in [6, 6.07) is 9.91. The summed E-state index contributed by atoms with van der Waals surface area (Å²) in [5.74, 6) is 0.615. The highest BCUT2D eigenvalue weighted by Gasteiger charge is 2.19. The zero-order chi connectivity index (χ0) is 19.4. The third-order valence-electron chi connectivity index (χ3n) is 4.57. The second-order valence-corrected chi connectivity index (χ2v) is 8.87. The van der Waals surface area contributed by atoms with Gasteiger partial charge in [0.05, 0.1) is 4.90 Å². The second-order valence-electron chi connectivity index (χ2n) is 6.71. The molecule has 144 valence electrons. The normalized spacial score (nSPS) is 14.6. The van der Waals surface area contributed by atoms with Crippen LogP contribution in [0.4, 0.5) is 5.82 Å². The van der Waals surface area contributed by atoms with Crippen LogP contribution in [-0.2, 0) is 16.6 Å². The van der Waals surface area contributed by atoms with Crippen molar-refractivity contribution in [2.75, 3.05) is 32.1 Å². The van der Waals surface area contributed by atoms with E-state index in [-0.39, 0.29) is 10.8 Å². The van der Waals surface area contributed by atoms with Crippen LogP contribution in [0, 0.1) is 0 Å². The first-order valence-corrected chi connectivity index (χ1v) is 10.3. The van der Waals surface area contributed by atoms with Crippen molar-refractivity contribution in [2.45, 2.75) is 24.3 Å². The Morgan fingerprint density at radius 1 is 1.19 bits per heavy atom. The van der Waals surface area contributed by atoms with E-state index in [0.29, 0.717) is 12.1 Å². The standard InChI is InChI=1S/C19H24N4O3S/c1-22(2)27(25,26)17-7-5-6-16(13-17)19(24)21-14-15-8-9-20-18(12-15)23-10-3-4-11-23/h5-9,12-13H,3-4,10-11,14H2,1-2H3,(H,21,24). The fourth-order valence-electron chi connectivity index (χ4n) is 2.98. The number of amides is 1. The molecule has 1 saturated heterocycles. The average molecular weight is 388 g/mol. The number of nitrogens with zero attached hydrogens (tertiary/aromatic N) is 3. The molecule has 2 heterocycles. The van der Waals surface area contributed by atoms with Crippen LogP contribution in [0.3, 0.4) is 0 Å². The van der Waals surface area contributed by atoms with Crippen molar-refractivity contribution in [3.05, 3.63) is 53.7 Å². The van der Waals surface area contributed by atoms with E-state index in [2.05, 4.69) is 15.2 Å². The van der Waals surface area contributed by atoms with E-state index < -0.39 is 10.0 Å². The third kappa shape index (κ3) is 4.45. The van der Waals surface area contributed by atoms with Crippen molar-refractivity contribution < 1.29 is 13.2 Å². The highest BCUT2D eigenvalue weighted by atomic mass is 32.2. The highest BCUT2D eigenvalue weighted by molar-refractivity contribution is 7.89. The minimum atomic E-state index is -3.58. The SMILES string of the molecule is CN(C)S(=O)(=O)c1cccc(C(=O)NCc2ccnc(N3CCCC3)c2)c1. The maximum Gasteiger partial charge on any atom is 0.251 e. The largest absolute Gasteiger partial charge is 0.357 e. The predicted molar refractivity (Wildman–Crippen MR) is 104 cm³/mol. The molecule has 3 rings (SSSR count). The van der Waals surface area contributed by atoms with Crippen LogP contribution >= 0.6 is 0 Å². The molecule has 27 heavy (non-hydrogen) atoms. The predicted octanol–water partition coefficient (Wildman–Crippen LogP) is 1.86. The molecule has 8 heteroatoms. The van der Waals surface area contributed by atoms with E-state index in [1.807, 2.05) is 12.1 Å². The lowest BCUT2D eigenvalue weighted by Gasteiger charge is -2.17. The molecule has 1 aromatic heterocycles. The molecule has 1 amide bonds. The first kappa shape index (κ1) is 19.3. The molecule has 0 spiro atoms. The lowest BCUT2D eigenvalue weighted by Crippen LogP contribution is -2.25. The number of carbonyl (C=O) groups excluding carboxylic acids is 1. The molecule has 1 fully saturated rings. The van der Waals surface area contributed by atoms with E-state index in [1.165, 1.54) is 39.1 Å². The van der Waals surface area contributed by atoms with Gasteiger partial charge in [-0.3, -0.25) is 4.79 Å². The van der Waals surface area contributed by atoms with Crippen LogP contribution in [0.15, 0.2) is 47.5 Å². The van der Waals surface area contributed by atoms with Gasteiger partial charge >= 0.3 is 0 Å². The van der Waals surface area contributed by atoms with Gasteiger partial charge in [-0.1, -0.05) is 6.07 Å². The maximum atomic E-state index is 12.5. The number of rotatable bonds is 6. The summed E-state index contributed by atoms with van der Waals surface area (Å²) in [6.07, 6.45) is 4.10. The van der Waals surface area contributed by atoms with Gasteiger partial charge in [0.25, 0.3) is 5.91 Å². The molecule has 2 aromatic rings. The molecule has 1 aliphatic heterocycles. The number of carbonyl (C=O) groups is 1.